The van der Waals surface area contributed by atoms with Crippen LogP contribution in [0.2, 0.25) is 5.02 Å². The maximum absolute atomic E-state index is 5.98. The molecular weight excluding hydrogens is 244 g/mol. The molecule has 0 aliphatic heterocycles. The standard InChI is InChI=1S/C15H13ClN2/c1-11-5-6-18-10-14(17-15(18)7-11)9-12-3-2-4-13(16)8-12/h2-8,10H,9H2,1H3. The average molecular weight is 257 g/mol. The largest absolute Gasteiger partial charge is 0.307 e. The Balaban J connectivity index is 1.95. The highest BCUT2D eigenvalue weighted by atomic mass is 35.5. The van der Waals surface area contributed by atoms with E-state index in [4.69, 9.17) is 11.6 Å². The lowest BCUT2D eigenvalue weighted by atomic mass is 10.1. The molecule has 0 N–H and O–H groups in total. The number of imidazole rings is 1. The third kappa shape index (κ3) is 2.24. The van der Waals surface area contributed by atoms with Gasteiger partial charge in [-0.25, -0.2) is 4.98 Å². The molecule has 3 heteroatoms. The first-order valence-electron chi connectivity index (χ1n) is 5.89. The molecule has 3 aromatic rings. The zero-order valence-corrected chi connectivity index (χ0v) is 10.9. The van der Waals surface area contributed by atoms with Crippen LogP contribution in [0.25, 0.3) is 5.65 Å². The second kappa shape index (κ2) is 4.46. The quantitative estimate of drug-likeness (QED) is 0.680. The molecule has 0 aliphatic carbocycles. The summed E-state index contributed by atoms with van der Waals surface area (Å²) in [5.74, 6) is 0. The van der Waals surface area contributed by atoms with Gasteiger partial charge < -0.3 is 4.40 Å². The van der Waals surface area contributed by atoms with Gasteiger partial charge in [0, 0.05) is 23.8 Å². The van der Waals surface area contributed by atoms with Crippen molar-refractivity contribution < 1.29 is 0 Å². The number of hydrogen-bond donors (Lipinski definition) is 0. The van der Waals surface area contributed by atoms with Gasteiger partial charge in [-0.05, 0) is 42.3 Å². The zero-order valence-electron chi connectivity index (χ0n) is 10.1. The fourth-order valence-electron chi connectivity index (χ4n) is 2.08. The second-order valence-electron chi connectivity index (χ2n) is 4.51. The highest BCUT2D eigenvalue weighted by Crippen LogP contribution is 2.15. The molecule has 1 aromatic carbocycles. The van der Waals surface area contributed by atoms with Crippen molar-refractivity contribution in [1.29, 1.82) is 0 Å². The number of rotatable bonds is 2. The molecule has 2 heterocycles. The van der Waals surface area contributed by atoms with Crippen molar-refractivity contribution in [2.75, 3.05) is 0 Å². The van der Waals surface area contributed by atoms with E-state index in [1.807, 2.05) is 28.8 Å². The van der Waals surface area contributed by atoms with E-state index >= 15 is 0 Å². The highest BCUT2D eigenvalue weighted by Gasteiger charge is 2.03. The predicted octanol–water partition coefficient (Wildman–Crippen LogP) is 3.89. The second-order valence-corrected chi connectivity index (χ2v) is 4.94. The monoisotopic (exact) mass is 256 g/mol. The molecule has 0 unspecified atom stereocenters. The van der Waals surface area contributed by atoms with Crippen molar-refractivity contribution >= 4 is 17.2 Å². The molecule has 2 aromatic heterocycles. The third-order valence-corrected chi connectivity index (χ3v) is 3.17. The van der Waals surface area contributed by atoms with Crippen LogP contribution in [0.3, 0.4) is 0 Å². The molecule has 0 aliphatic rings. The molecule has 3 rings (SSSR count). The van der Waals surface area contributed by atoms with E-state index in [9.17, 15) is 0 Å². The van der Waals surface area contributed by atoms with E-state index in [0.29, 0.717) is 0 Å². The van der Waals surface area contributed by atoms with E-state index in [1.165, 1.54) is 11.1 Å². The van der Waals surface area contributed by atoms with Crippen LogP contribution >= 0.6 is 11.6 Å². The molecule has 0 radical (unpaired) electrons. The molecule has 18 heavy (non-hydrogen) atoms. The summed E-state index contributed by atoms with van der Waals surface area (Å²) >= 11 is 5.98. The van der Waals surface area contributed by atoms with Gasteiger partial charge in [0.05, 0.1) is 5.69 Å². The normalized spacial score (nSPS) is 11.0. The highest BCUT2D eigenvalue weighted by molar-refractivity contribution is 6.30. The van der Waals surface area contributed by atoms with Crippen LogP contribution in [0.5, 0.6) is 0 Å². The summed E-state index contributed by atoms with van der Waals surface area (Å²) in [5.41, 5.74) is 4.46. The number of halogens is 1. The van der Waals surface area contributed by atoms with Gasteiger partial charge in [-0.2, -0.15) is 0 Å². The van der Waals surface area contributed by atoms with Gasteiger partial charge >= 0.3 is 0 Å². The minimum atomic E-state index is 0.770. The number of nitrogens with zero attached hydrogens (tertiary/aromatic N) is 2. The molecule has 0 saturated carbocycles. The molecule has 90 valence electrons. The fraction of sp³-hybridized carbons (Fsp3) is 0.133. The van der Waals surface area contributed by atoms with Gasteiger partial charge in [-0.15, -0.1) is 0 Å². The predicted molar refractivity (Wildman–Crippen MR) is 74.2 cm³/mol. The lowest BCUT2D eigenvalue weighted by Gasteiger charge is -1.97. The van der Waals surface area contributed by atoms with Crippen molar-refractivity contribution in [3.63, 3.8) is 0 Å². The Hall–Kier alpha value is -1.80. The van der Waals surface area contributed by atoms with Gasteiger partial charge in [0.2, 0.25) is 0 Å². The fourth-order valence-corrected chi connectivity index (χ4v) is 2.29. The number of fused-ring (bicyclic) bond motifs is 1. The Morgan fingerprint density at radius 1 is 1.22 bits per heavy atom. The summed E-state index contributed by atoms with van der Waals surface area (Å²) in [7, 11) is 0. The van der Waals surface area contributed by atoms with Gasteiger partial charge in [0.1, 0.15) is 5.65 Å². The smallest absolute Gasteiger partial charge is 0.137 e. The molecule has 0 fully saturated rings. The van der Waals surface area contributed by atoms with E-state index in [0.717, 1.165) is 22.8 Å². The number of benzene rings is 1. The van der Waals surface area contributed by atoms with Crippen LogP contribution in [-0.4, -0.2) is 9.38 Å². The molecule has 0 saturated heterocycles. The van der Waals surface area contributed by atoms with Crippen LogP contribution < -0.4 is 0 Å². The summed E-state index contributed by atoms with van der Waals surface area (Å²) in [4.78, 5) is 4.62. The van der Waals surface area contributed by atoms with E-state index in [1.54, 1.807) is 0 Å². The van der Waals surface area contributed by atoms with E-state index < -0.39 is 0 Å². The molecule has 2 nitrogen and oxygen atoms in total. The third-order valence-electron chi connectivity index (χ3n) is 2.94. The van der Waals surface area contributed by atoms with E-state index in [-0.39, 0.29) is 0 Å². The summed E-state index contributed by atoms with van der Waals surface area (Å²) in [6.07, 6.45) is 4.91. The Kier molecular flexibility index (Phi) is 2.80. The SMILES string of the molecule is Cc1ccn2cc(Cc3cccc(Cl)c3)nc2c1. The summed E-state index contributed by atoms with van der Waals surface area (Å²) in [5, 5.41) is 0.770. The Morgan fingerprint density at radius 3 is 2.94 bits per heavy atom. The summed E-state index contributed by atoms with van der Waals surface area (Å²) < 4.78 is 2.05. The first kappa shape index (κ1) is 11.3. The lowest BCUT2D eigenvalue weighted by Crippen LogP contribution is -1.87. The Labute approximate surface area is 111 Å². The molecule has 0 bridgehead atoms. The van der Waals surface area contributed by atoms with Gasteiger partial charge in [-0.3, -0.25) is 0 Å². The first-order valence-corrected chi connectivity index (χ1v) is 6.27. The molecule has 0 amide bonds. The topological polar surface area (TPSA) is 17.3 Å². The lowest BCUT2D eigenvalue weighted by molar-refractivity contribution is 1.11. The summed E-state index contributed by atoms with van der Waals surface area (Å²) in [6.45, 7) is 2.07. The maximum atomic E-state index is 5.98. The average Bonchev–Trinajstić information content (AvgIpc) is 2.70. The molecular formula is C15H13ClN2. The maximum Gasteiger partial charge on any atom is 0.137 e. The van der Waals surface area contributed by atoms with Gasteiger partial charge in [-0.1, -0.05) is 23.7 Å². The van der Waals surface area contributed by atoms with Crippen LogP contribution in [-0.2, 0) is 6.42 Å². The minimum Gasteiger partial charge on any atom is -0.307 e. The van der Waals surface area contributed by atoms with Crippen LogP contribution in [0.15, 0.2) is 48.8 Å². The number of hydrogen-bond acceptors (Lipinski definition) is 1. The van der Waals surface area contributed by atoms with Crippen molar-refractivity contribution in [3.05, 3.63) is 70.6 Å². The van der Waals surface area contributed by atoms with Crippen molar-refractivity contribution in [2.45, 2.75) is 13.3 Å². The van der Waals surface area contributed by atoms with Gasteiger partial charge in [0.25, 0.3) is 0 Å². The molecule has 0 atom stereocenters. The number of aromatic nitrogens is 2. The zero-order chi connectivity index (χ0) is 12.5. The van der Waals surface area contributed by atoms with Crippen LogP contribution in [0.1, 0.15) is 16.8 Å². The van der Waals surface area contributed by atoms with Crippen LogP contribution in [0.4, 0.5) is 0 Å². The minimum absolute atomic E-state index is 0.770. The van der Waals surface area contributed by atoms with Crippen molar-refractivity contribution in [1.82, 2.24) is 9.38 Å². The number of aryl methyl sites for hydroxylation is 1. The van der Waals surface area contributed by atoms with E-state index in [2.05, 4.69) is 36.3 Å². The van der Waals surface area contributed by atoms with Crippen molar-refractivity contribution in [2.24, 2.45) is 0 Å². The Morgan fingerprint density at radius 2 is 2.11 bits per heavy atom. The first-order chi connectivity index (χ1) is 8.70. The summed E-state index contributed by atoms with van der Waals surface area (Å²) in [6, 6.07) is 12.1. The Bertz CT molecular complexity index is 701. The number of pyridine rings is 1. The van der Waals surface area contributed by atoms with Crippen molar-refractivity contribution in [3.8, 4) is 0 Å². The van der Waals surface area contributed by atoms with Gasteiger partial charge in [0.15, 0.2) is 0 Å². The van der Waals surface area contributed by atoms with Crippen LogP contribution in [0, 0.1) is 6.92 Å². The molecule has 0 spiro atoms.